The van der Waals surface area contributed by atoms with E-state index in [2.05, 4.69) is 32.7 Å². The number of nitrogens with one attached hydrogen (secondary N) is 2. The number of rotatable bonds is 9. The average Bonchev–Trinajstić information content (AvgIpc) is 2.66. The molecule has 0 amide bonds. The van der Waals surface area contributed by atoms with Crippen LogP contribution in [0.25, 0.3) is 0 Å². The maximum absolute atomic E-state index is 12.2. The van der Waals surface area contributed by atoms with Gasteiger partial charge in [-0.2, -0.15) is 13.2 Å². The Balaban J connectivity index is 1.87. The summed E-state index contributed by atoms with van der Waals surface area (Å²) in [5.41, 5.74) is 2.40. The lowest BCUT2D eigenvalue weighted by atomic mass is 10.1. The van der Waals surface area contributed by atoms with Crippen molar-refractivity contribution < 1.29 is 17.9 Å². The SMILES string of the molecule is CCNC(=NCc1ccccc1CN1CCOCC1)NCCCCC(F)(F)F. The number of halogens is 3. The lowest BCUT2D eigenvalue weighted by Gasteiger charge is -2.27. The summed E-state index contributed by atoms with van der Waals surface area (Å²) in [7, 11) is 0. The van der Waals surface area contributed by atoms with Crippen LogP contribution in [0.1, 0.15) is 37.3 Å². The van der Waals surface area contributed by atoms with Gasteiger partial charge in [0.05, 0.1) is 19.8 Å². The molecule has 2 rings (SSSR count). The monoisotopic (exact) mass is 400 g/mol. The van der Waals surface area contributed by atoms with Gasteiger partial charge in [0, 0.05) is 39.1 Å². The molecule has 0 unspecified atom stereocenters. The van der Waals surface area contributed by atoms with Crippen LogP contribution in [0.5, 0.6) is 0 Å². The standard InChI is InChI=1S/C20H31F3N4O/c1-2-24-19(25-10-6-5-9-20(21,22)23)26-15-17-7-3-4-8-18(17)16-27-11-13-28-14-12-27/h3-4,7-8H,2,5-6,9-16H2,1H3,(H2,24,25,26). The lowest BCUT2D eigenvalue weighted by molar-refractivity contribution is -0.135. The Bertz CT molecular complexity index is 601. The topological polar surface area (TPSA) is 48.9 Å². The number of morpholine rings is 1. The molecule has 1 aliphatic rings. The molecule has 0 bridgehead atoms. The van der Waals surface area contributed by atoms with E-state index in [4.69, 9.17) is 4.74 Å². The van der Waals surface area contributed by atoms with Crippen molar-refractivity contribution in [3.8, 4) is 0 Å². The van der Waals surface area contributed by atoms with E-state index in [0.717, 1.165) is 38.4 Å². The van der Waals surface area contributed by atoms with Gasteiger partial charge in [-0.1, -0.05) is 24.3 Å². The lowest BCUT2D eigenvalue weighted by Crippen LogP contribution is -2.38. The van der Waals surface area contributed by atoms with Crippen LogP contribution in [-0.4, -0.2) is 56.4 Å². The fourth-order valence-corrected chi connectivity index (χ4v) is 3.03. The fourth-order valence-electron chi connectivity index (χ4n) is 3.03. The van der Waals surface area contributed by atoms with Crippen LogP contribution in [0.15, 0.2) is 29.3 Å². The zero-order valence-corrected chi connectivity index (χ0v) is 16.5. The summed E-state index contributed by atoms with van der Waals surface area (Å²) >= 11 is 0. The number of guanidine groups is 1. The Labute approximate surface area is 165 Å². The Kier molecular flexibility index (Phi) is 9.57. The number of ether oxygens (including phenoxy) is 1. The highest BCUT2D eigenvalue weighted by atomic mass is 19.4. The van der Waals surface area contributed by atoms with Crippen LogP contribution in [0.2, 0.25) is 0 Å². The second-order valence-corrected chi connectivity index (χ2v) is 6.85. The molecule has 0 aromatic heterocycles. The van der Waals surface area contributed by atoms with Gasteiger partial charge in [-0.25, -0.2) is 4.99 Å². The van der Waals surface area contributed by atoms with Gasteiger partial charge in [-0.15, -0.1) is 0 Å². The summed E-state index contributed by atoms with van der Waals surface area (Å²) in [6, 6.07) is 8.24. The van der Waals surface area contributed by atoms with Crippen LogP contribution in [0, 0.1) is 0 Å². The maximum atomic E-state index is 12.2. The normalized spacial score (nSPS) is 16.2. The van der Waals surface area contributed by atoms with E-state index in [1.807, 2.05) is 19.1 Å². The van der Waals surface area contributed by atoms with Gasteiger partial charge in [-0.3, -0.25) is 4.90 Å². The molecule has 8 heteroatoms. The Morgan fingerprint density at radius 3 is 2.50 bits per heavy atom. The van der Waals surface area contributed by atoms with Crippen LogP contribution in [-0.2, 0) is 17.8 Å². The molecule has 0 radical (unpaired) electrons. The summed E-state index contributed by atoms with van der Waals surface area (Å²) in [5, 5.41) is 6.27. The molecule has 2 N–H and O–H groups in total. The van der Waals surface area contributed by atoms with Crippen LogP contribution >= 0.6 is 0 Å². The highest BCUT2D eigenvalue weighted by Gasteiger charge is 2.25. The third-order valence-electron chi connectivity index (χ3n) is 4.55. The molecular weight excluding hydrogens is 369 g/mol. The molecule has 1 fully saturated rings. The summed E-state index contributed by atoms with van der Waals surface area (Å²) < 4.78 is 42.0. The molecule has 0 atom stereocenters. The molecule has 0 aliphatic carbocycles. The van der Waals surface area contributed by atoms with Gasteiger partial charge < -0.3 is 15.4 Å². The molecule has 1 aromatic carbocycles. The van der Waals surface area contributed by atoms with Crippen LogP contribution in [0.4, 0.5) is 13.2 Å². The smallest absolute Gasteiger partial charge is 0.379 e. The average molecular weight is 400 g/mol. The highest BCUT2D eigenvalue weighted by Crippen LogP contribution is 2.21. The number of hydrogen-bond acceptors (Lipinski definition) is 3. The van der Waals surface area contributed by atoms with Gasteiger partial charge in [0.2, 0.25) is 0 Å². The van der Waals surface area contributed by atoms with Gasteiger partial charge in [0.15, 0.2) is 5.96 Å². The highest BCUT2D eigenvalue weighted by molar-refractivity contribution is 5.79. The molecule has 28 heavy (non-hydrogen) atoms. The fraction of sp³-hybridized carbons (Fsp3) is 0.650. The van der Waals surface area contributed by atoms with E-state index in [1.54, 1.807) is 0 Å². The van der Waals surface area contributed by atoms with E-state index in [1.165, 1.54) is 5.56 Å². The first-order valence-electron chi connectivity index (χ1n) is 9.94. The van der Waals surface area contributed by atoms with Crippen molar-refractivity contribution in [3.05, 3.63) is 35.4 Å². The number of alkyl halides is 3. The number of benzene rings is 1. The van der Waals surface area contributed by atoms with E-state index < -0.39 is 12.6 Å². The van der Waals surface area contributed by atoms with E-state index in [9.17, 15) is 13.2 Å². The molecule has 1 aromatic rings. The summed E-state index contributed by atoms with van der Waals surface area (Å²) in [6.45, 7) is 7.93. The number of hydrogen-bond donors (Lipinski definition) is 2. The van der Waals surface area contributed by atoms with E-state index in [-0.39, 0.29) is 6.42 Å². The quantitative estimate of drug-likeness (QED) is 0.379. The summed E-state index contributed by atoms with van der Waals surface area (Å²) in [6.07, 6.45) is -4.24. The predicted molar refractivity (Wildman–Crippen MR) is 105 cm³/mol. The second kappa shape index (κ2) is 11.9. The Hall–Kier alpha value is -1.80. The third-order valence-corrected chi connectivity index (χ3v) is 4.55. The number of aliphatic imine (C=N–C) groups is 1. The molecule has 158 valence electrons. The van der Waals surface area contributed by atoms with Crippen molar-refractivity contribution in [2.75, 3.05) is 39.4 Å². The predicted octanol–water partition coefficient (Wildman–Crippen LogP) is 3.31. The Morgan fingerprint density at radius 2 is 1.82 bits per heavy atom. The van der Waals surface area contributed by atoms with Gasteiger partial charge in [0.25, 0.3) is 0 Å². The van der Waals surface area contributed by atoms with Crippen molar-refractivity contribution >= 4 is 5.96 Å². The van der Waals surface area contributed by atoms with Crippen LogP contribution < -0.4 is 10.6 Å². The molecular formula is C20H31F3N4O. The molecule has 1 saturated heterocycles. The third kappa shape index (κ3) is 8.93. The minimum Gasteiger partial charge on any atom is -0.379 e. The number of unbranched alkanes of at least 4 members (excludes halogenated alkanes) is 1. The van der Waals surface area contributed by atoms with Crippen molar-refractivity contribution in [2.24, 2.45) is 4.99 Å². The van der Waals surface area contributed by atoms with Crippen molar-refractivity contribution in [3.63, 3.8) is 0 Å². The largest absolute Gasteiger partial charge is 0.389 e. The minimum atomic E-state index is -4.08. The molecule has 0 spiro atoms. The zero-order chi connectivity index (χ0) is 20.2. The second-order valence-electron chi connectivity index (χ2n) is 6.85. The van der Waals surface area contributed by atoms with Gasteiger partial charge in [-0.05, 0) is 30.9 Å². The molecule has 1 aliphatic heterocycles. The first-order chi connectivity index (χ1) is 13.5. The summed E-state index contributed by atoms with van der Waals surface area (Å²) in [5.74, 6) is 0.635. The number of nitrogens with zero attached hydrogens (tertiary/aromatic N) is 2. The first kappa shape index (κ1) is 22.5. The summed E-state index contributed by atoms with van der Waals surface area (Å²) in [4.78, 5) is 6.98. The molecule has 5 nitrogen and oxygen atoms in total. The van der Waals surface area contributed by atoms with E-state index in [0.29, 0.717) is 32.0 Å². The van der Waals surface area contributed by atoms with Gasteiger partial charge >= 0.3 is 6.18 Å². The van der Waals surface area contributed by atoms with Gasteiger partial charge in [0.1, 0.15) is 0 Å². The van der Waals surface area contributed by atoms with Crippen LogP contribution in [0.3, 0.4) is 0 Å². The minimum absolute atomic E-state index is 0.123. The van der Waals surface area contributed by atoms with Crippen molar-refractivity contribution in [2.45, 2.75) is 45.5 Å². The molecule has 0 saturated carbocycles. The Morgan fingerprint density at radius 1 is 1.11 bits per heavy atom. The van der Waals surface area contributed by atoms with Crippen molar-refractivity contribution in [1.82, 2.24) is 15.5 Å². The maximum Gasteiger partial charge on any atom is 0.389 e. The van der Waals surface area contributed by atoms with E-state index >= 15 is 0 Å². The van der Waals surface area contributed by atoms with Crippen molar-refractivity contribution in [1.29, 1.82) is 0 Å². The molecule has 1 heterocycles. The first-order valence-corrected chi connectivity index (χ1v) is 9.94. The zero-order valence-electron chi connectivity index (χ0n) is 16.5.